The zero-order valence-corrected chi connectivity index (χ0v) is 59.1. The second-order valence-corrected chi connectivity index (χ2v) is 29.3. The Hall–Kier alpha value is -6.53. The van der Waals surface area contributed by atoms with Gasteiger partial charge >= 0.3 is 0 Å². The molecule has 6 aliphatic rings. The summed E-state index contributed by atoms with van der Waals surface area (Å²) in [5.74, 6) is -7.40. The van der Waals surface area contributed by atoms with Crippen molar-refractivity contribution in [3.05, 3.63) is 76.1 Å². The van der Waals surface area contributed by atoms with Crippen LogP contribution in [-0.4, -0.2) is 141 Å². The van der Waals surface area contributed by atoms with E-state index in [0.29, 0.717) is 56.4 Å². The predicted molar refractivity (Wildman–Crippen MR) is 356 cm³/mol. The molecule has 8 rings (SSSR count). The number of imidazole rings is 1. The van der Waals surface area contributed by atoms with Crippen LogP contribution in [0.1, 0.15) is 157 Å². The van der Waals surface area contributed by atoms with Crippen LogP contribution < -0.4 is 49.9 Å². The third kappa shape index (κ3) is 16.0. The van der Waals surface area contributed by atoms with Gasteiger partial charge < -0.3 is 90.7 Å². The van der Waals surface area contributed by atoms with Gasteiger partial charge in [0.05, 0.1) is 41.3 Å². The summed E-state index contributed by atoms with van der Waals surface area (Å²) in [6.07, 6.45) is -3.81. The number of allylic oxidation sites excluding steroid dienone is 6. The zero-order chi connectivity index (χ0) is 70.8. The molecule has 96 heavy (non-hydrogen) atoms. The van der Waals surface area contributed by atoms with Crippen LogP contribution in [0.4, 0.5) is 0 Å². The number of primary amides is 6. The number of aryl methyl sites for hydroxylation is 2. The second kappa shape index (κ2) is 30.7. The van der Waals surface area contributed by atoms with Crippen molar-refractivity contribution < 1.29 is 83.8 Å². The van der Waals surface area contributed by atoms with Gasteiger partial charge in [-0.05, 0) is 133 Å². The Morgan fingerprint density at radius 1 is 0.812 bits per heavy atom. The number of nitrogens with two attached hydrogens (primary N) is 6. The monoisotopic (exact) mass is 1400 g/mol. The summed E-state index contributed by atoms with van der Waals surface area (Å²) in [7, 11) is -3.40. The number of hydrogen-bond donors (Lipinski definition) is 10. The van der Waals surface area contributed by atoms with Crippen molar-refractivity contribution in [2.45, 2.75) is 195 Å². The Balaban J connectivity index is 0.00000234. The van der Waals surface area contributed by atoms with Gasteiger partial charge in [0, 0.05) is 125 Å². The van der Waals surface area contributed by atoms with Gasteiger partial charge in [0.25, 0.3) is 7.82 Å². The minimum atomic E-state index is -5.32. The Morgan fingerprint density at radius 2 is 1.41 bits per heavy atom. The molecule has 15 unspecified atom stereocenters. The molecule has 16 N–H and O–H groups in total. The number of rotatable bonds is 28. The molecule has 7 amide bonds. The van der Waals surface area contributed by atoms with Crippen molar-refractivity contribution in [1.82, 2.24) is 20.2 Å². The van der Waals surface area contributed by atoms with Crippen LogP contribution in [0.3, 0.4) is 0 Å². The Kier molecular flexibility index (Phi) is 25.1. The van der Waals surface area contributed by atoms with Gasteiger partial charge in [-0.15, -0.1) is 0 Å². The molecule has 30 heteroatoms. The molecule has 1 aromatic carbocycles. The van der Waals surface area contributed by atoms with E-state index in [-0.39, 0.29) is 94.0 Å². The summed E-state index contributed by atoms with van der Waals surface area (Å²) in [6.45, 7) is 23.6. The number of ether oxygens (including phenoxy) is 1. The molecule has 15 atom stereocenters. The van der Waals surface area contributed by atoms with E-state index in [4.69, 9.17) is 68.5 Å². The third-order valence-corrected chi connectivity index (χ3v) is 22.0. The zero-order valence-electron chi connectivity index (χ0n) is 57.1. The van der Waals surface area contributed by atoms with E-state index in [1.807, 2.05) is 87.6 Å². The summed E-state index contributed by atoms with van der Waals surface area (Å²) >= 11 is 0. The number of fused-ring (bicyclic) bond motifs is 7. The fraction of sp³-hybridized carbons (Fsp3) is 0.636. The van der Waals surface area contributed by atoms with Crippen molar-refractivity contribution in [2.24, 2.45) is 94.7 Å². The molecule has 28 nitrogen and oxygen atoms in total. The van der Waals surface area contributed by atoms with Gasteiger partial charge in [-0.25, -0.2) is 4.98 Å². The number of benzene rings is 1. The number of carbonyl (C=O) groups is 7. The molecule has 0 aliphatic carbocycles. The van der Waals surface area contributed by atoms with E-state index in [2.05, 4.69) is 22.5 Å². The van der Waals surface area contributed by atoms with Gasteiger partial charge in [0.2, 0.25) is 41.4 Å². The van der Waals surface area contributed by atoms with Crippen LogP contribution in [0.2, 0.25) is 0 Å². The number of carbonyl (C=O) groups excluding carboxylic acids is 7. The maximum Gasteiger partial charge on any atom is 0.268 e. The molecule has 2 aromatic rings. The summed E-state index contributed by atoms with van der Waals surface area (Å²) in [5.41, 5.74) is 36.7. The number of aliphatic hydroxyl groups excluding tert-OH is 2. The van der Waals surface area contributed by atoms with Crippen LogP contribution in [0.25, 0.3) is 16.4 Å². The number of nitrogens with zero attached hydrogens (tertiary/aromatic N) is 6. The maximum absolute atomic E-state index is 14.4. The average molecular weight is 1400 g/mol. The van der Waals surface area contributed by atoms with Crippen LogP contribution >= 0.6 is 7.82 Å². The topological polar surface area (TPSA) is 477 Å². The molecular formula is C66H98CoN14O14P-3. The van der Waals surface area contributed by atoms with Gasteiger partial charge in [0.15, 0.2) is 6.23 Å². The van der Waals surface area contributed by atoms with E-state index in [9.17, 15) is 53.2 Å². The number of amides is 7. The Labute approximate surface area is 571 Å². The SMILES string of the molecule is C/C1=C2N=C(/C=C3N=C(/C(C)=C4\[N-]C(C(CC(N)=O)C4(C)CCC(=O)NCC(C)OP(=O)([O-])OC4C(CO)OC(n5cnc6cc(C)c(C)cc65)C4O)C4(C)N=C1C(CCC(N)=O)C4(C)CC(N)=O)C(CCC(N)=O)C\3(C)C)C(CCC(N)=O)C/2(C)CC(N)=O.[CH2-]CCNC.[Co]. The van der Waals surface area contributed by atoms with Crippen molar-refractivity contribution in [3.63, 3.8) is 0 Å². The first-order valence-electron chi connectivity index (χ1n) is 32.3. The normalized spacial score (nSPS) is 32.5. The fourth-order valence-corrected chi connectivity index (χ4v) is 16.6. The Morgan fingerprint density at radius 3 is 1.96 bits per heavy atom. The summed E-state index contributed by atoms with van der Waals surface area (Å²) in [6, 6.07) is 2.65. The first-order valence-corrected chi connectivity index (χ1v) is 33.8. The van der Waals surface area contributed by atoms with Gasteiger partial charge in [-0.1, -0.05) is 40.7 Å². The van der Waals surface area contributed by atoms with Gasteiger partial charge in [-0.2, -0.15) is 12.1 Å². The molecule has 2 saturated heterocycles. The molecule has 1 radical (unpaired) electrons. The third-order valence-electron chi connectivity index (χ3n) is 20.9. The molecule has 0 spiro atoms. The fourth-order valence-electron chi connectivity index (χ4n) is 15.5. The van der Waals surface area contributed by atoms with Crippen LogP contribution in [-0.2, 0) is 68.7 Å². The molecule has 1 aromatic heterocycles. The molecule has 533 valence electrons. The first-order chi connectivity index (χ1) is 44.2. The van der Waals surface area contributed by atoms with Gasteiger partial charge in [0.1, 0.15) is 18.3 Å². The predicted octanol–water partition coefficient (Wildman–Crippen LogP) is 3.74. The maximum atomic E-state index is 14.4. The number of phosphoric ester groups is 1. The van der Waals surface area contributed by atoms with E-state index >= 15 is 0 Å². The molecule has 7 heterocycles. The summed E-state index contributed by atoms with van der Waals surface area (Å²) in [5, 5.41) is 33.1. The first kappa shape index (κ1) is 78.5. The molecular weight excluding hydrogens is 1300 g/mol. The minimum Gasteiger partial charge on any atom is -0.756 e. The van der Waals surface area contributed by atoms with Crippen LogP contribution in [0.15, 0.2) is 67.8 Å². The number of nitrogens with one attached hydrogen (secondary N) is 2. The number of phosphoric acid groups is 1. The van der Waals surface area contributed by atoms with E-state index in [1.165, 1.54) is 17.8 Å². The van der Waals surface area contributed by atoms with Crippen LogP contribution in [0, 0.1) is 66.1 Å². The number of aliphatic hydroxyl groups is 2. The summed E-state index contributed by atoms with van der Waals surface area (Å²) < 4.78 is 31.9. The van der Waals surface area contributed by atoms with E-state index < -0.39 is 143 Å². The summed E-state index contributed by atoms with van der Waals surface area (Å²) in [4.78, 5) is 128. The average Bonchev–Trinajstić information content (AvgIpc) is 1.53. The number of aromatic nitrogens is 2. The number of hydrogen-bond acceptors (Lipinski definition) is 19. The molecule has 0 saturated carbocycles. The smallest absolute Gasteiger partial charge is 0.268 e. The Bertz CT molecular complexity index is 3600. The van der Waals surface area contributed by atoms with Crippen molar-refractivity contribution >= 4 is 77.3 Å². The molecule has 2 fully saturated rings. The van der Waals surface area contributed by atoms with E-state index in [0.717, 1.165) is 24.1 Å². The van der Waals surface area contributed by atoms with Gasteiger partial charge in [-0.3, -0.25) is 53.1 Å². The van der Waals surface area contributed by atoms with Crippen molar-refractivity contribution in [3.8, 4) is 0 Å². The molecule has 8 bridgehead atoms. The quantitative estimate of drug-likeness (QED) is 0.0428. The van der Waals surface area contributed by atoms with E-state index in [1.54, 1.807) is 6.92 Å². The second-order valence-electron chi connectivity index (χ2n) is 27.9. The van der Waals surface area contributed by atoms with Crippen LogP contribution in [0.5, 0.6) is 0 Å². The van der Waals surface area contributed by atoms with Crippen molar-refractivity contribution in [2.75, 3.05) is 26.7 Å². The largest absolute Gasteiger partial charge is 0.756 e. The molecule has 6 aliphatic heterocycles. The standard InChI is InChI=1S/C62H90N13O14P.C4H10N.Co/c1-29-20-39-40(21-30(29)2)75(28-70-39)57-52(84)53(41(27-76)87-57)89-90(85,86)88-31(3)26-69-49(83)18-19-59(8)37(22-46(66)80)56-62(11)61(10,25-48(68)82)36(14-17-45(65)79)51(74-62)33(5)55-60(9,24-47(67)81)34(12-15-43(63)77)38(71-55)23-42-58(6,7)35(13-16-44(64)78)50(72-42)32(4)54(59)73-56;1-3-4-5-2;/h20-21,23,28,31,34-37,41,52-53,56-57,76,84H,12-19,22,24-27H2,1-11H3,(H15,63,64,65,66,67,68,69,71,72,73,74,77,78,79,80,81,82,83,85,86);5H,1,3-4H2,2H3;/q;-1;/p-2. The number of aliphatic imine (C=N–C) groups is 3. The van der Waals surface area contributed by atoms with Crippen molar-refractivity contribution in [1.29, 1.82) is 0 Å². The minimum absolute atomic E-state index is 0.